The van der Waals surface area contributed by atoms with Gasteiger partial charge in [-0.3, -0.25) is 39.4 Å². The van der Waals surface area contributed by atoms with Gasteiger partial charge in [0.05, 0.1) is 28.4 Å². The van der Waals surface area contributed by atoms with Gasteiger partial charge in [-0.2, -0.15) is 5.10 Å². The number of hydrogen-bond donors (Lipinski definition) is 3. The molecule has 3 aliphatic heterocycles. The van der Waals surface area contributed by atoms with E-state index in [-0.39, 0.29) is 24.0 Å². The van der Waals surface area contributed by atoms with Gasteiger partial charge in [-0.1, -0.05) is 18.2 Å². The van der Waals surface area contributed by atoms with Crippen LogP contribution in [0.4, 0.5) is 0 Å². The van der Waals surface area contributed by atoms with Crippen molar-refractivity contribution in [2.45, 2.75) is 43.9 Å². The minimum Gasteiger partial charge on any atom is -0.385 e. The summed E-state index contributed by atoms with van der Waals surface area (Å²) >= 11 is 0. The molecule has 0 radical (unpaired) electrons. The van der Waals surface area contributed by atoms with Gasteiger partial charge in [0.1, 0.15) is 6.04 Å². The molecule has 3 N–H and O–H groups in total. The van der Waals surface area contributed by atoms with Gasteiger partial charge in [0, 0.05) is 31.4 Å². The van der Waals surface area contributed by atoms with Crippen molar-refractivity contribution in [1.29, 1.82) is 0 Å². The molecule has 1 unspecified atom stereocenters. The molecular weight excluding hydrogens is 462 g/mol. The first-order valence-electron chi connectivity index (χ1n) is 12.1. The Kier molecular flexibility index (Phi) is 5.24. The largest absolute Gasteiger partial charge is 0.385 e. The lowest BCUT2D eigenvalue weighted by molar-refractivity contribution is -0.136. The molecule has 6 rings (SSSR count). The molecule has 3 aromatic rings. The van der Waals surface area contributed by atoms with Crippen LogP contribution < -0.4 is 5.32 Å². The number of imide groups is 2. The molecular formula is C26H25N5O5. The second-order valence-corrected chi connectivity index (χ2v) is 9.76. The minimum atomic E-state index is -1.13. The summed E-state index contributed by atoms with van der Waals surface area (Å²) < 4.78 is 0. The van der Waals surface area contributed by atoms with Crippen LogP contribution in [0, 0.1) is 0 Å². The van der Waals surface area contributed by atoms with Crippen molar-refractivity contribution in [2.75, 3.05) is 13.1 Å². The molecule has 0 saturated carbocycles. The van der Waals surface area contributed by atoms with Crippen molar-refractivity contribution in [2.24, 2.45) is 0 Å². The highest BCUT2D eigenvalue weighted by molar-refractivity contribution is 6.23. The highest BCUT2D eigenvalue weighted by Crippen LogP contribution is 2.37. The van der Waals surface area contributed by atoms with Crippen molar-refractivity contribution in [3.63, 3.8) is 0 Å². The number of hydrogen-bond acceptors (Lipinski definition) is 7. The number of nitrogens with zero attached hydrogens (tertiary/aromatic N) is 3. The number of amides is 4. The highest BCUT2D eigenvalue weighted by Gasteiger charge is 2.45. The maximum atomic E-state index is 13.2. The zero-order valence-corrected chi connectivity index (χ0v) is 19.5. The molecule has 0 spiro atoms. The van der Waals surface area contributed by atoms with Crippen LogP contribution in [0.2, 0.25) is 0 Å². The Morgan fingerprint density at radius 2 is 1.81 bits per heavy atom. The Balaban J connectivity index is 1.18. The van der Waals surface area contributed by atoms with E-state index in [0.29, 0.717) is 31.5 Å². The van der Waals surface area contributed by atoms with Gasteiger partial charge >= 0.3 is 0 Å². The number of piperidine rings is 2. The molecule has 2 saturated heterocycles. The molecule has 1 atom stereocenters. The standard InChI is InChI=1S/C26H25N5O5/c32-22-7-6-21(23(33)28-22)31-24(34)17-5-4-16(12-18(17)25(31)35)26(36)8-10-30(11-9-26)14-15-2-1-3-20-19(15)13-27-29-20/h1-5,12-13,21,36H,6-11,14H2,(H,27,29)(H,28,32,33). The number of aromatic amines is 1. The summed E-state index contributed by atoms with van der Waals surface area (Å²) in [6.45, 7) is 2.07. The quantitative estimate of drug-likeness (QED) is 0.474. The van der Waals surface area contributed by atoms with Gasteiger partial charge in [0.2, 0.25) is 11.8 Å². The Hall–Kier alpha value is -3.89. The Morgan fingerprint density at radius 1 is 1.03 bits per heavy atom. The van der Waals surface area contributed by atoms with Gasteiger partial charge < -0.3 is 5.11 Å². The van der Waals surface area contributed by atoms with Crippen LogP contribution in [0.25, 0.3) is 10.9 Å². The predicted molar refractivity (Wildman–Crippen MR) is 128 cm³/mol. The molecule has 2 aromatic carbocycles. The monoisotopic (exact) mass is 487 g/mol. The molecule has 4 amide bonds. The topological polar surface area (TPSA) is 136 Å². The van der Waals surface area contributed by atoms with Crippen LogP contribution in [0.1, 0.15) is 57.5 Å². The SMILES string of the molecule is O=C1CCC(N2C(=O)c3ccc(C4(O)CCN(Cc5cccc6[nH]ncc56)CC4)cc3C2=O)C(=O)N1. The fourth-order valence-corrected chi connectivity index (χ4v) is 5.54. The van der Waals surface area contributed by atoms with Crippen LogP contribution in [-0.2, 0) is 21.7 Å². The third-order valence-electron chi connectivity index (χ3n) is 7.63. The number of benzene rings is 2. The van der Waals surface area contributed by atoms with E-state index >= 15 is 0 Å². The second-order valence-electron chi connectivity index (χ2n) is 9.76. The number of fused-ring (bicyclic) bond motifs is 2. The van der Waals surface area contributed by atoms with Crippen LogP contribution in [0.3, 0.4) is 0 Å². The first-order chi connectivity index (χ1) is 17.3. The van der Waals surface area contributed by atoms with E-state index in [9.17, 15) is 24.3 Å². The van der Waals surface area contributed by atoms with Crippen LogP contribution in [0.5, 0.6) is 0 Å². The third kappa shape index (κ3) is 3.61. The van der Waals surface area contributed by atoms with E-state index in [1.165, 1.54) is 5.56 Å². The Morgan fingerprint density at radius 3 is 2.58 bits per heavy atom. The maximum Gasteiger partial charge on any atom is 0.262 e. The summed E-state index contributed by atoms with van der Waals surface area (Å²) in [6, 6.07) is 9.89. The lowest BCUT2D eigenvalue weighted by Crippen LogP contribution is -2.54. The average molecular weight is 488 g/mol. The van der Waals surface area contributed by atoms with E-state index in [1.807, 2.05) is 18.3 Å². The number of nitrogens with one attached hydrogen (secondary N) is 2. The van der Waals surface area contributed by atoms with Gasteiger partial charge in [-0.15, -0.1) is 0 Å². The summed E-state index contributed by atoms with van der Waals surface area (Å²) in [6.07, 6.45) is 2.96. The molecule has 4 heterocycles. The highest BCUT2D eigenvalue weighted by atomic mass is 16.3. The number of carbonyl (C=O) groups is 4. The van der Waals surface area contributed by atoms with E-state index in [4.69, 9.17) is 0 Å². The molecule has 3 aliphatic rings. The molecule has 0 bridgehead atoms. The number of rotatable bonds is 4. The third-order valence-corrected chi connectivity index (χ3v) is 7.63. The normalized spacial score (nSPS) is 22.2. The second kappa shape index (κ2) is 8.35. The Bertz CT molecular complexity index is 1420. The zero-order valence-electron chi connectivity index (χ0n) is 19.5. The molecule has 2 fully saturated rings. The summed E-state index contributed by atoms with van der Waals surface area (Å²) in [5, 5.41) is 21.9. The lowest BCUT2D eigenvalue weighted by Gasteiger charge is -2.38. The molecule has 1 aromatic heterocycles. The molecule has 0 aliphatic carbocycles. The minimum absolute atomic E-state index is 0.0699. The van der Waals surface area contributed by atoms with Gasteiger partial charge in [-0.25, -0.2) is 0 Å². The van der Waals surface area contributed by atoms with Crippen LogP contribution in [0.15, 0.2) is 42.6 Å². The number of carbonyl (C=O) groups excluding carboxylic acids is 4. The summed E-state index contributed by atoms with van der Waals surface area (Å²) in [5.74, 6) is -2.17. The van der Waals surface area contributed by atoms with E-state index in [1.54, 1.807) is 18.2 Å². The van der Waals surface area contributed by atoms with Gasteiger partial charge in [-0.05, 0) is 48.6 Å². The van der Waals surface area contributed by atoms with E-state index in [0.717, 1.165) is 22.3 Å². The van der Waals surface area contributed by atoms with Crippen LogP contribution >= 0.6 is 0 Å². The molecule has 36 heavy (non-hydrogen) atoms. The van der Waals surface area contributed by atoms with Crippen molar-refractivity contribution in [3.8, 4) is 0 Å². The molecule has 10 nitrogen and oxygen atoms in total. The van der Waals surface area contributed by atoms with Crippen molar-refractivity contribution < 1.29 is 24.3 Å². The van der Waals surface area contributed by atoms with Gasteiger partial charge in [0.25, 0.3) is 11.8 Å². The van der Waals surface area contributed by atoms with Crippen molar-refractivity contribution >= 4 is 34.5 Å². The number of likely N-dealkylation sites (tertiary alicyclic amines) is 1. The van der Waals surface area contributed by atoms with Gasteiger partial charge in [0.15, 0.2) is 0 Å². The molecule has 184 valence electrons. The fourth-order valence-electron chi connectivity index (χ4n) is 5.54. The van der Waals surface area contributed by atoms with E-state index < -0.39 is 35.3 Å². The first-order valence-corrected chi connectivity index (χ1v) is 12.1. The fraction of sp³-hybridized carbons (Fsp3) is 0.346. The Labute approximate surface area is 206 Å². The van der Waals surface area contributed by atoms with E-state index in [2.05, 4.69) is 26.5 Å². The first kappa shape index (κ1) is 22.6. The number of aromatic nitrogens is 2. The number of aliphatic hydroxyl groups is 1. The summed E-state index contributed by atoms with van der Waals surface area (Å²) in [4.78, 5) is 53.1. The number of H-pyrrole nitrogens is 1. The summed E-state index contributed by atoms with van der Waals surface area (Å²) in [5.41, 5.74) is 2.02. The average Bonchev–Trinajstić information content (AvgIpc) is 3.45. The van der Waals surface area contributed by atoms with Crippen molar-refractivity contribution in [3.05, 3.63) is 64.8 Å². The molecule has 10 heteroatoms. The van der Waals surface area contributed by atoms with Crippen molar-refractivity contribution in [1.82, 2.24) is 25.3 Å². The van der Waals surface area contributed by atoms with Crippen LogP contribution in [-0.4, -0.2) is 67.9 Å². The lowest BCUT2D eigenvalue weighted by atomic mass is 9.83. The summed E-state index contributed by atoms with van der Waals surface area (Å²) in [7, 11) is 0. The predicted octanol–water partition coefficient (Wildman–Crippen LogP) is 1.45. The zero-order chi connectivity index (χ0) is 25.0. The smallest absolute Gasteiger partial charge is 0.262 e. The maximum absolute atomic E-state index is 13.2.